The molecule has 0 atom stereocenters. The van der Waals surface area contributed by atoms with Crippen molar-refractivity contribution in [1.82, 2.24) is 5.32 Å². The Morgan fingerprint density at radius 1 is 1.19 bits per heavy atom. The van der Waals surface area contributed by atoms with Crippen molar-refractivity contribution in [2.24, 2.45) is 0 Å². The minimum absolute atomic E-state index is 0.225. The summed E-state index contributed by atoms with van der Waals surface area (Å²) < 4.78 is 0. The number of nitrogens with one attached hydrogen (secondary N) is 1. The van der Waals surface area contributed by atoms with Crippen molar-refractivity contribution in [2.45, 2.75) is 57.3 Å². The SMILES string of the molecule is Cc1ccc(C2(C(=O)NCCC3=CCCCC3)CC2)cc1. The van der Waals surface area contributed by atoms with E-state index >= 15 is 0 Å². The first-order valence-electron chi connectivity index (χ1n) is 8.24. The Labute approximate surface area is 127 Å². The average Bonchev–Trinajstić information content (AvgIpc) is 3.31. The van der Waals surface area contributed by atoms with Gasteiger partial charge in [-0.05, 0) is 57.4 Å². The second kappa shape index (κ2) is 6.05. The second-order valence-corrected chi connectivity index (χ2v) is 6.56. The van der Waals surface area contributed by atoms with Crippen LogP contribution in [-0.4, -0.2) is 12.5 Å². The van der Waals surface area contributed by atoms with Crippen LogP contribution in [0.1, 0.15) is 56.1 Å². The van der Waals surface area contributed by atoms with Gasteiger partial charge in [0.2, 0.25) is 5.91 Å². The summed E-state index contributed by atoms with van der Waals surface area (Å²) >= 11 is 0. The van der Waals surface area contributed by atoms with Gasteiger partial charge < -0.3 is 5.32 Å². The first-order chi connectivity index (χ1) is 10.2. The maximum atomic E-state index is 12.5. The molecule has 3 rings (SSSR count). The molecule has 1 aromatic carbocycles. The van der Waals surface area contributed by atoms with Gasteiger partial charge in [-0.15, -0.1) is 0 Å². The highest BCUT2D eigenvalue weighted by Gasteiger charge is 2.50. The molecule has 2 aliphatic rings. The van der Waals surface area contributed by atoms with Crippen LogP contribution in [0.4, 0.5) is 0 Å². The summed E-state index contributed by atoms with van der Waals surface area (Å²) in [5.41, 5.74) is 3.73. The molecule has 1 N–H and O–H groups in total. The number of hydrogen-bond acceptors (Lipinski definition) is 1. The molecule has 0 unspecified atom stereocenters. The van der Waals surface area contributed by atoms with E-state index in [-0.39, 0.29) is 11.3 Å². The molecule has 0 aliphatic heterocycles. The summed E-state index contributed by atoms with van der Waals surface area (Å²) in [6, 6.07) is 8.45. The van der Waals surface area contributed by atoms with Crippen LogP contribution in [0.5, 0.6) is 0 Å². The summed E-state index contributed by atoms with van der Waals surface area (Å²) in [5, 5.41) is 3.17. The monoisotopic (exact) mass is 283 g/mol. The fraction of sp³-hybridized carbons (Fsp3) is 0.526. The van der Waals surface area contributed by atoms with Crippen molar-refractivity contribution in [1.29, 1.82) is 0 Å². The molecule has 0 saturated heterocycles. The molecule has 0 aromatic heterocycles. The zero-order valence-corrected chi connectivity index (χ0v) is 13.0. The number of aryl methyl sites for hydroxylation is 1. The molecule has 0 radical (unpaired) electrons. The van der Waals surface area contributed by atoms with E-state index in [1.807, 2.05) is 0 Å². The Hall–Kier alpha value is -1.57. The highest BCUT2D eigenvalue weighted by Crippen LogP contribution is 2.48. The lowest BCUT2D eigenvalue weighted by atomic mass is 9.93. The van der Waals surface area contributed by atoms with Crippen LogP contribution in [0.25, 0.3) is 0 Å². The van der Waals surface area contributed by atoms with Gasteiger partial charge in [0.05, 0.1) is 5.41 Å². The average molecular weight is 283 g/mol. The van der Waals surface area contributed by atoms with Gasteiger partial charge in [-0.25, -0.2) is 0 Å². The topological polar surface area (TPSA) is 29.1 Å². The number of carbonyl (C=O) groups is 1. The lowest BCUT2D eigenvalue weighted by molar-refractivity contribution is -0.123. The van der Waals surface area contributed by atoms with Gasteiger partial charge in [0, 0.05) is 6.54 Å². The van der Waals surface area contributed by atoms with Gasteiger partial charge in [0.25, 0.3) is 0 Å². The van der Waals surface area contributed by atoms with E-state index < -0.39 is 0 Å². The van der Waals surface area contributed by atoms with Gasteiger partial charge >= 0.3 is 0 Å². The molecule has 0 bridgehead atoms. The van der Waals surface area contributed by atoms with E-state index in [4.69, 9.17) is 0 Å². The van der Waals surface area contributed by atoms with Gasteiger partial charge in [-0.3, -0.25) is 4.79 Å². The molecule has 1 amide bonds. The fourth-order valence-corrected chi connectivity index (χ4v) is 3.28. The van der Waals surface area contributed by atoms with Gasteiger partial charge in [-0.1, -0.05) is 41.5 Å². The third kappa shape index (κ3) is 3.20. The number of allylic oxidation sites excluding steroid dienone is 1. The normalized spacial score (nSPS) is 19.8. The van der Waals surface area contributed by atoms with Crippen molar-refractivity contribution in [3.63, 3.8) is 0 Å². The molecule has 0 spiro atoms. The third-order valence-corrected chi connectivity index (χ3v) is 4.91. The summed E-state index contributed by atoms with van der Waals surface area (Å²) in [5.74, 6) is 0.225. The molecule has 0 heterocycles. The van der Waals surface area contributed by atoms with E-state index in [9.17, 15) is 4.79 Å². The summed E-state index contributed by atoms with van der Waals surface area (Å²) in [6.07, 6.45) is 10.4. The molecule has 1 saturated carbocycles. The van der Waals surface area contributed by atoms with Crippen molar-refractivity contribution in [3.05, 3.63) is 47.0 Å². The highest BCUT2D eigenvalue weighted by molar-refractivity contribution is 5.91. The van der Waals surface area contributed by atoms with Gasteiger partial charge in [0.1, 0.15) is 0 Å². The summed E-state index contributed by atoms with van der Waals surface area (Å²) in [7, 11) is 0. The predicted octanol–water partition coefficient (Wildman–Crippen LogP) is 4.03. The molecule has 2 heteroatoms. The smallest absolute Gasteiger partial charge is 0.230 e. The molecule has 112 valence electrons. The second-order valence-electron chi connectivity index (χ2n) is 6.56. The lowest BCUT2D eigenvalue weighted by Gasteiger charge is -2.17. The van der Waals surface area contributed by atoms with Crippen molar-refractivity contribution < 1.29 is 4.79 Å². The molecular weight excluding hydrogens is 258 g/mol. The van der Waals surface area contributed by atoms with Crippen molar-refractivity contribution in [3.8, 4) is 0 Å². The van der Waals surface area contributed by atoms with Crippen LogP contribution in [0.2, 0.25) is 0 Å². The van der Waals surface area contributed by atoms with E-state index in [0.717, 1.165) is 25.8 Å². The zero-order chi connectivity index (χ0) is 14.7. The summed E-state index contributed by atoms with van der Waals surface area (Å²) in [6.45, 7) is 2.87. The number of benzene rings is 1. The molecule has 1 fully saturated rings. The number of amides is 1. The van der Waals surface area contributed by atoms with Crippen LogP contribution >= 0.6 is 0 Å². The molecule has 2 nitrogen and oxygen atoms in total. The Kier molecular flexibility index (Phi) is 4.14. The molecule has 2 aliphatic carbocycles. The fourth-order valence-electron chi connectivity index (χ4n) is 3.28. The van der Waals surface area contributed by atoms with Crippen molar-refractivity contribution in [2.75, 3.05) is 6.54 Å². The maximum absolute atomic E-state index is 12.5. The van der Waals surface area contributed by atoms with Crippen LogP contribution in [-0.2, 0) is 10.2 Å². The van der Waals surface area contributed by atoms with Crippen LogP contribution in [0.15, 0.2) is 35.9 Å². The Morgan fingerprint density at radius 3 is 2.57 bits per heavy atom. The highest BCUT2D eigenvalue weighted by atomic mass is 16.2. The minimum atomic E-state index is -0.228. The number of rotatable bonds is 5. The van der Waals surface area contributed by atoms with Crippen LogP contribution in [0, 0.1) is 6.92 Å². The Bertz CT molecular complexity index is 537. The van der Waals surface area contributed by atoms with Gasteiger partial charge in [-0.2, -0.15) is 0 Å². The number of carbonyl (C=O) groups excluding carboxylic acids is 1. The molecular formula is C19H25NO. The Balaban J connectivity index is 1.55. The first-order valence-corrected chi connectivity index (χ1v) is 8.24. The largest absolute Gasteiger partial charge is 0.355 e. The van der Waals surface area contributed by atoms with Gasteiger partial charge in [0.15, 0.2) is 0 Å². The van der Waals surface area contributed by atoms with Crippen LogP contribution in [0.3, 0.4) is 0 Å². The van der Waals surface area contributed by atoms with E-state index in [0.29, 0.717) is 0 Å². The third-order valence-electron chi connectivity index (χ3n) is 4.91. The van der Waals surface area contributed by atoms with E-state index in [1.54, 1.807) is 0 Å². The summed E-state index contributed by atoms with van der Waals surface area (Å²) in [4.78, 5) is 12.5. The quantitative estimate of drug-likeness (QED) is 0.812. The molecule has 21 heavy (non-hydrogen) atoms. The van der Waals surface area contributed by atoms with Crippen LogP contribution < -0.4 is 5.32 Å². The Morgan fingerprint density at radius 2 is 1.95 bits per heavy atom. The maximum Gasteiger partial charge on any atom is 0.230 e. The zero-order valence-electron chi connectivity index (χ0n) is 13.0. The predicted molar refractivity (Wildman–Crippen MR) is 86.3 cm³/mol. The van der Waals surface area contributed by atoms with E-state index in [1.165, 1.54) is 42.4 Å². The standard InChI is InChI=1S/C19H25NO/c1-15-7-9-17(10-8-15)19(12-13-19)18(21)20-14-11-16-5-3-2-4-6-16/h5,7-10H,2-4,6,11-14H2,1H3,(H,20,21). The van der Waals surface area contributed by atoms with E-state index in [2.05, 4.69) is 42.6 Å². The molecule has 1 aromatic rings. The lowest BCUT2D eigenvalue weighted by Crippen LogP contribution is -2.35. The minimum Gasteiger partial charge on any atom is -0.355 e. The number of hydrogen-bond donors (Lipinski definition) is 1. The first kappa shape index (κ1) is 14.4. The van der Waals surface area contributed by atoms with Crippen molar-refractivity contribution >= 4 is 5.91 Å².